The molecule has 1 aliphatic rings. The fourth-order valence-electron chi connectivity index (χ4n) is 3.43. The molecule has 0 atom stereocenters. The average Bonchev–Trinajstić information content (AvgIpc) is 2.72. The van der Waals surface area contributed by atoms with Gasteiger partial charge >= 0.3 is 0 Å². The van der Waals surface area contributed by atoms with E-state index in [1.165, 1.54) is 30.3 Å². The number of carbonyl (C=O) groups is 1. The number of carbonyl (C=O) groups excluding carboxylic acids is 1. The van der Waals surface area contributed by atoms with E-state index in [4.69, 9.17) is 5.14 Å². The molecule has 0 spiro atoms. The van der Waals surface area contributed by atoms with Crippen molar-refractivity contribution in [2.75, 3.05) is 23.3 Å². The first kappa shape index (κ1) is 22.0. The Labute approximate surface area is 181 Å². The Hall–Kier alpha value is -3.25. The SMILES string of the molecule is NS(=O)(=O)c1cc(NC(=O)c2cc3cc(F)ccc3nc2N2CCC(F)(F)CC2)ccn1. The van der Waals surface area contributed by atoms with Crippen LogP contribution >= 0.6 is 0 Å². The predicted molar refractivity (Wildman–Crippen MR) is 112 cm³/mol. The van der Waals surface area contributed by atoms with Crippen molar-refractivity contribution < 1.29 is 26.4 Å². The molecule has 0 unspecified atom stereocenters. The Morgan fingerprint density at radius 1 is 1.12 bits per heavy atom. The van der Waals surface area contributed by atoms with Crippen LogP contribution in [0.4, 0.5) is 24.7 Å². The van der Waals surface area contributed by atoms with Crippen molar-refractivity contribution in [2.45, 2.75) is 23.8 Å². The predicted octanol–water partition coefficient (Wildman–Crippen LogP) is 2.90. The van der Waals surface area contributed by atoms with Crippen LogP contribution in [0.5, 0.6) is 0 Å². The van der Waals surface area contributed by atoms with Gasteiger partial charge < -0.3 is 10.2 Å². The molecule has 0 bridgehead atoms. The van der Waals surface area contributed by atoms with Crippen molar-refractivity contribution in [1.82, 2.24) is 9.97 Å². The van der Waals surface area contributed by atoms with Crippen LogP contribution in [0.2, 0.25) is 0 Å². The number of hydrogen-bond donors (Lipinski definition) is 2. The number of rotatable bonds is 4. The second-order valence-electron chi connectivity index (χ2n) is 7.42. The molecule has 1 saturated heterocycles. The Bertz CT molecular complexity index is 1310. The largest absolute Gasteiger partial charge is 0.355 e. The minimum absolute atomic E-state index is 0.0161. The van der Waals surface area contributed by atoms with Gasteiger partial charge in [-0.3, -0.25) is 4.79 Å². The molecule has 3 aromatic rings. The minimum Gasteiger partial charge on any atom is -0.355 e. The number of halogens is 3. The molecule has 0 radical (unpaired) electrons. The average molecular weight is 465 g/mol. The lowest BCUT2D eigenvalue weighted by atomic mass is 10.0. The van der Waals surface area contributed by atoms with Gasteiger partial charge in [0.1, 0.15) is 11.6 Å². The smallest absolute Gasteiger partial charge is 0.259 e. The number of benzene rings is 1. The van der Waals surface area contributed by atoms with Crippen LogP contribution in [0.25, 0.3) is 10.9 Å². The maximum absolute atomic E-state index is 13.7. The van der Waals surface area contributed by atoms with Gasteiger partial charge in [-0.15, -0.1) is 0 Å². The number of primary sulfonamides is 1. The summed E-state index contributed by atoms with van der Waals surface area (Å²) in [5, 5.41) is 7.52. The van der Waals surface area contributed by atoms with Crippen molar-refractivity contribution in [1.29, 1.82) is 0 Å². The summed E-state index contributed by atoms with van der Waals surface area (Å²) in [6.45, 7) is -0.0321. The molecular weight excluding hydrogens is 447 g/mol. The summed E-state index contributed by atoms with van der Waals surface area (Å²) < 4.78 is 64.0. The molecule has 3 heterocycles. The van der Waals surface area contributed by atoms with Gasteiger partial charge in [0.25, 0.3) is 21.9 Å². The van der Waals surface area contributed by atoms with E-state index < -0.39 is 32.7 Å². The molecule has 4 rings (SSSR count). The van der Waals surface area contributed by atoms with Crippen LogP contribution in [0.3, 0.4) is 0 Å². The van der Waals surface area contributed by atoms with Gasteiger partial charge in [-0.2, -0.15) is 0 Å². The molecule has 1 aliphatic heterocycles. The second kappa shape index (κ2) is 8.02. The zero-order valence-electron chi connectivity index (χ0n) is 16.6. The third-order valence-electron chi connectivity index (χ3n) is 5.08. The fourth-order valence-corrected chi connectivity index (χ4v) is 3.93. The van der Waals surface area contributed by atoms with Crippen LogP contribution in [-0.2, 0) is 10.0 Å². The Balaban J connectivity index is 1.73. The maximum atomic E-state index is 13.7. The van der Waals surface area contributed by atoms with E-state index in [0.29, 0.717) is 10.9 Å². The van der Waals surface area contributed by atoms with Crippen molar-refractivity contribution in [3.05, 3.63) is 54.0 Å². The molecule has 2 aromatic heterocycles. The molecule has 3 N–H and O–H groups in total. The number of fused-ring (bicyclic) bond motifs is 1. The number of aromatic nitrogens is 2. The molecule has 32 heavy (non-hydrogen) atoms. The third-order valence-corrected chi connectivity index (χ3v) is 5.89. The topological polar surface area (TPSA) is 118 Å². The van der Waals surface area contributed by atoms with Gasteiger partial charge in [-0.05, 0) is 30.3 Å². The van der Waals surface area contributed by atoms with Gasteiger partial charge in [0, 0.05) is 49.3 Å². The van der Waals surface area contributed by atoms with E-state index in [2.05, 4.69) is 15.3 Å². The summed E-state index contributed by atoms with van der Waals surface area (Å²) in [7, 11) is -4.09. The number of nitrogens with two attached hydrogens (primary N) is 1. The van der Waals surface area contributed by atoms with Gasteiger partial charge in [-0.25, -0.2) is 36.7 Å². The Morgan fingerprint density at radius 2 is 1.84 bits per heavy atom. The summed E-state index contributed by atoms with van der Waals surface area (Å²) in [5.74, 6) is -3.82. The van der Waals surface area contributed by atoms with E-state index in [1.54, 1.807) is 4.90 Å². The number of sulfonamides is 1. The number of nitrogens with one attached hydrogen (secondary N) is 1. The molecule has 1 fully saturated rings. The minimum atomic E-state index is -4.09. The summed E-state index contributed by atoms with van der Waals surface area (Å²) in [4.78, 5) is 22.7. The summed E-state index contributed by atoms with van der Waals surface area (Å²) in [6.07, 6.45) is 0.384. The number of piperidine rings is 1. The first-order chi connectivity index (χ1) is 15.0. The van der Waals surface area contributed by atoms with Crippen LogP contribution in [0.1, 0.15) is 23.2 Å². The van der Waals surface area contributed by atoms with Gasteiger partial charge in [0.05, 0.1) is 11.1 Å². The normalized spacial score (nSPS) is 16.2. The lowest BCUT2D eigenvalue weighted by Crippen LogP contribution is -2.40. The molecule has 168 valence electrons. The van der Waals surface area contributed by atoms with Gasteiger partial charge in [0.2, 0.25) is 0 Å². The lowest BCUT2D eigenvalue weighted by Gasteiger charge is -2.33. The highest BCUT2D eigenvalue weighted by atomic mass is 32.2. The monoisotopic (exact) mass is 465 g/mol. The number of pyridine rings is 2. The van der Waals surface area contributed by atoms with E-state index >= 15 is 0 Å². The maximum Gasteiger partial charge on any atom is 0.259 e. The molecule has 12 heteroatoms. The third kappa shape index (κ3) is 4.65. The fraction of sp³-hybridized carbons (Fsp3) is 0.250. The van der Waals surface area contributed by atoms with E-state index in [0.717, 1.165) is 12.3 Å². The van der Waals surface area contributed by atoms with E-state index in [-0.39, 0.29) is 43.0 Å². The molecule has 0 aliphatic carbocycles. The van der Waals surface area contributed by atoms with Crippen LogP contribution in [0, 0.1) is 5.82 Å². The highest BCUT2D eigenvalue weighted by Crippen LogP contribution is 2.33. The highest BCUT2D eigenvalue weighted by molar-refractivity contribution is 7.89. The quantitative estimate of drug-likeness (QED) is 0.612. The first-order valence-corrected chi connectivity index (χ1v) is 11.1. The summed E-state index contributed by atoms with van der Waals surface area (Å²) in [6, 6.07) is 7.73. The van der Waals surface area contributed by atoms with Crippen molar-refractivity contribution in [3.63, 3.8) is 0 Å². The van der Waals surface area contributed by atoms with Crippen LogP contribution in [0.15, 0.2) is 47.6 Å². The van der Waals surface area contributed by atoms with Crippen molar-refractivity contribution >= 4 is 38.3 Å². The van der Waals surface area contributed by atoms with Crippen molar-refractivity contribution in [3.8, 4) is 0 Å². The second-order valence-corrected chi connectivity index (χ2v) is 8.93. The zero-order valence-corrected chi connectivity index (χ0v) is 17.4. The van der Waals surface area contributed by atoms with E-state index in [9.17, 15) is 26.4 Å². The Kier molecular flexibility index (Phi) is 5.51. The first-order valence-electron chi connectivity index (χ1n) is 9.55. The summed E-state index contributed by atoms with van der Waals surface area (Å²) in [5.41, 5.74) is 0.530. The van der Waals surface area contributed by atoms with Crippen molar-refractivity contribution in [2.24, 2.45) is 5.14 Å². The lowest BCUT2D eigenvalue weighted by molar-refractivity contribution is -0.0221. The number of alkyl halides is 2. The molecule has 1 aromatic carbocycles. The number of amides is 1. The summed E-state index contributed by atoms with van der Waals surface area (Å²) >= 11 is 0. The number of hydrogen-bond acceptors (Lipinski definition) is 6. The number of nitrogens with zero attached hydrogens (tertiary/aromatic N) is 3. The molecular formula is C20H18F3N5O3S. The van der Waals surface area contributed by atoms with Gasteiger partial charge in [-0.1, -0.05) is 0 Å². The standard InChI is InChI=1S/C20H18F3N5O3S/c21-13-1-2-16-12(9-13)10-15(18(27-16)28-7-4-20(22,23)5-8-28)19(29)26-14-3-6-25-17(11-14)32(24,30)31/h1-3,6,9-11H,4-5,7-8H2,(H2,24,30,31)(H,25,26,29). The van der Waals surface area contributed by atoms with Crippen LogP contribution < -0.4 is 15.4 Å². The molecule has 0 saturated carbocycles. The van der Waals surface area contributed by atoms with Crippen LogP contribution in [-0.4, -0.2) is 43.3 Å². The van der Waals surface area contributed by atoms with Gasteiger partial charge in [0.15, 0.2) is 5.03 Å². The zero-order chi connectivity index (χ0) is 23.1. The number of anilines is 2. The molecule has 8 nitrogen and oxygen atoms in total. The highest BCUT2D eigenvalue weighted by Gasteiger charge is 2.35. The van der Waals surface area contributed by atoms with E-state index in [1.807, 2.05) is 0 Å². The Morgan fingerprint density at radius 3 is 2.53 bits per heavy atom. The molecule has 1 amide bonds.